The van der Waals surface area contributed by atoms with Crippen LogP contribution in [0.2, 0.25) is 0 Å². The van der Waals surface area contributed by atoms with E-state index in [1.165, 1.54) is 8.61 Å². The molecule has 0 bridgehead atoms. The van der Waals surface area contributed by atoms with Crippen LogP contribution in [0, 0.1) is 0 Å². The Labute approximate surface area is 112 Å². The summed E-state index contributed by atoms with van der Waals surface area (Å²) in [5, 5.41) is 3.18. The molecule has 0 saturated heterocycles. The second kappa shape index (κ2) is 9.49. The van der Waals surface area contributed by atoms with Crippen LogP contribution >= 0.6 is 0 Å². The van der Waals surface area contributed by atoms with Gasteiger partial charge >= 0.3 is 0 Å². The fourth-order valence-corrected chi connectivity index (χ4v) is 3.07. The van der Waals surface area contributed by atoms with E-state index in [-0.39, 0.29) is 0 Å². The minimum absolute atomic E-state index is 0.369. The lowest BCUT2D eigenvalue weighted by atomic mass is 10.4. The molecule has 0 aromatic heterocycles. The lowest BCUT2D eigenvalue weighted by Crippen LogP contribution is -2.43. The van der Waals surface area contributed by atoms with E-state index < -0.39 is 10.2 Å². The molecule has 0 unspecified atom stereocenters. The van der Waals surface area contributed by atoms with E-state index in [4.69, 9.17) is 0 Å². The van der Waals surface area contributed by atoms with Crippen molar-refractivity contribution in [1.82, 2.24) is 13.9 Å². The molecule has 0 saturated carbocycles. The molecule has 0 fully saturated rings. The molecule has 18 heavy (non-hydrogen) atoms. The SMILES string of the molecule is C=CCN(CCC)S(=O)(=O)N(C)CCCNCC. The standard InChI is InChI=1S/C12H27N3O2S/c1-5-10-15(11-6-2)18(16,17)14(4)12-8-9-13-7-3/h5,13H,1,6-12H2,2-4H3. The van der Waals surface area contributed by atoms with Crippen LogP contribution in [0.5, 0.6) is 0 Å². The van der Waals surface area contributed by atoms with Crippen molar-refractivity contribution in [1.29, 1.82) is 0 Å². The van der Waals surface area contributed by atoms with Gasteiger partial charge in [-0.15, -0.1) is 6.58 Å². The molecule has 0 spiro atoms. The number of nitrogens with zero attached hydrogens (tertiary/aromatic N) is 2. The van der Waals surface area contributed by atoms with Crippen molar-refractivity contribution in [3.05, 3.63) is 12.7 Å². The summed E-state index contributed by atoms with van der Waals surface area (Å²) in [6, 6.07) is 0. The average molecular weight is 277 g/mol. The van der Waals surface area contributed by atoms with E-state index in [0.29, 0.717) is 19.6 Å². The zero-order valence-corrected chi connectivity index (χ0v) is 12.7. The van der Waals surface area contributed by atoms with Gasteiger partial charge in [0.2, 0.25) is 0 Å². The molecule has 0 rings (SSSR count). The van der Waals surface area contributed by atoms with Crippen molar-refractivity contribution >= 4 is 10.2 Å². The summed E-state index contributed by atoms with van der Waals surface area (Å²) in [5.41, 5.74) is 0. The van der Waals surface area contributed by atoms with Crippen LogP contribution in [0.4, 0.5) is 0 Å². The molecule has 108 valence electrons. The van der Waals surface area contributed by atoms with Gasteiger partial charge < -0.3 is 5.32 Å². The first-order valence-electron chi connectivity index (χ1n) is 6.53. The smallest absolute Gasteiger partial charge is 0.282 e. The summed E-state index contributed by atoms with van der Waals surface area (Å²) in [5.74, 6) is 0. The summed E-state index contributed by atoms with van der Waals surface area (Å²) in [6.45, 7) is 10.8. The molecule has 5 nitrogen and oxygen atoms in total. The first-order chi connectivity index (χ1) is 8.50. The fraction of sp³-hybridized carbons (Fsp3) is 0.833. The first kappa shape index (κ1) is 17.6. The Bertz CT molecular complexity index is 317. The van der Waals surface area contributed by atoms with E-state index in [1.807, 2.05) is 13.8 Å². The summed E-state index contributed by atoms with van der Waals surface area (Å²) < 4.78 is 27.4. The van der Waals surface area contributed by atoms with Gasteiger partial charge in [-0.3, -0.25) is 0 Å². The molecule has 6 heteroatoms. The summed E-state index contributed by atoms with van der Waals surface area (Å²) in [6.07, 6.45) is 3.25. The van der Waals surface area contributed by atoms with Crippen LogP contribution in [0.3, 0.4) is 0 Å². The first-order valence-corrected chi connectivity index (χ1v) is 7.93. The van der Waals surface area contributed by atoms with Crippen LogP contribution in [0.1, 0.15) is 26.7 Å². The van der Waals surface area contributed by atoms with Gasteiger partial charge in [-0.05, 0) is 25.9 Å². The van der Waals surface area contributed by atoms with Crippen molar-refractivity contribution < 1.29 is 8.42 Å². The van der Waals surface area contributed by atoms with Crippen molar-refractivity contribution in [2.45, 2.75) is 26.7 Å². The minimum atomic E-state index is -3.34. The highest BCUT2D eigenvalue weighted by Crippen LogP contribution is 2.07. The molecule has 0 aromatic carbocycles. The zero-order chi connectivity index (χ0) is 14.0. The summed E-state index contributed by atoms with van der Waals surface area (Å²) in [4.78, 5) is 0. The number of hydrogen-bond donors (Lipinski definition) is 1. The Kier molecular flexibility index (Phi) is 9.27. The number of nitrogens with one attached hydrogen (secondary N) is 1. The zero-order valence-electron chi connectivity index (χ0n) is 11.9. The van der Waals surface area contributed by atoms with Gasteiger partial charge in [0.1, 0.15) is 0 Å². The maximum Gasteiger partial charge on any atom is 0.282 e. The summed E-state index contributed by atoms with van der Waals surface area (Å²) in [7, 11) is -1.71. The molecule has 1 N–H and O–H groups in total. The monoisotopic (exact) mass is 277 g/mol. The molecule has 0 aliphatic carbocycles. The Morgan fingerprint density at radius 1 is 1.28 bits per heavy atom. The molecule has 0 aromatic rings. The third-order valence-electron chi connectivity index (χ3n) is 2.60. The molecule has 0 amide bonds. The molecule has 0 radical (unpaired) electrons. The van der Waals surface area contributed by atoms with Gasteiger partial charge in [0.05, 0.1) is 0 Å². The second-order valence-electron chi connectivity index (χ2n) is 4.18. The van der Waals surface area contributed by atoms with Gasteiger partial charge in [0.15, 0.2) is 0 Å². The van der Waals surface area contributed by atoms with E-state index in [2.05, 4.69) is 11.9 Å². The van der Waals surface area contributed by atoms with Crippen LogP contribution in [-0.4, -0.2) is 56.8 Å². The Balaban J connectivity index is 4.41. The highest BCUT2D eigenvalue weighted by molar-refractivity contribution is 7.86. The molecule has 0 aliphatic heterocycles. The van der Waals surface area contributed by atoms with Crippen molar-refractivity contribution in [3.8, 4) is 0 Å². The van der Waals surface area contributed by atoms with Gasteiger partial charge in [-0.25, -0.2) is 0 Å². The molecule has 0 aliphatic rings. The third kappa shape index (κ3) is 5.95. The Morgan fingerprint density at radius 2 is 1.94 bits per heavy atom. The maximum atomic E-state index is 12.3. The topological polar surface area (TPSA) is 52.7 Å². The van der Waals surface area contributed by atoms with Gasteiger partial charge in [-0.1, -0.05) is 19.9 Å². The second-order valence-corrected chi connectivity index (χ2v) is 6.22. The maximum absolute atomic E-state index is 12.3. The minimum Gasteiger partial charge on any atom is -0.317 e. The lowest BCUT2D eigenvalue weighted by Gasteiger charge is -2.26. The molecular formula is C12H27N3O2S. The van der Waals surface area contributed by atoms with Crippen LogP contribution in [0.25, 0.3) is 0 Å². The number of rotatable bonds is 11. The molecule has 0 atom stereocenters. The molecule has 0 heterocycles. The molecular weight excluding hydrogens is 250 g/mol. The fourth-order valence-electron chi connectivity index (χ4n) is 1.61. The van der Waals surface area contributed by atoms with Gasteiger partial charge in [0.25, 0.3) is 10.2 Å². The van der Waals surface area contributed by atoms with Crippen LogP contribution in [0.15, 0.2) is 12.7 Å². The predicted octanol–water partition coefficient (Wildman–Crippen LogP) is 1.06. The quantitative estimate of drug-likeness (QED) is 0.454. The van der Waals surface area contributed by atoms with E-state index in [1.54, 1.807) is 13.1 Å². The van der Waals surface area contributed by atoms with Crippen LogP contribution in [-0.2, 0) is 10.2 Å². The normalized spacial score (nSPS) is 12.3. The van der Waals surface area contributed by atoms with Gasteiger partial charge in [0, 0.05) is 26.7 Å². The lowest BCUT2D eigenvalue weighted by molar-refractivity contribution is 0.372. The van der Waals surface area contributed by atoms with Crippen molar-refractivity contribution in [2.24, 2.45) is 0 Å². The Hall–Kier alpha value is -0.430. The van der Waals surface area contributed by atoms with E-state index >= 15 is 0 Å². The largest absolute Gasteiger partial charge is 0.317 e. The van der Waals surface area contributed by atoms with Crippen molar-refractivity contribution in [2.75, 3.05) is 39.8 Å². The number of hydrogen-bond acceptors (Lipinski definition) is 3. The average Bonchev–Trinajstić information content (AvgIpc) is 2.34. The highest BCUT2D eigenvalue weighted by Gasteiger charge is 2.24. The third-order valence-corrected chi connectivity index (χ3v) is 4.56. The summed E-state index contributed by atoms with van der Waals surface area (Å²) >= 11 is 0. The predicted molar refractivity (Wildman–Crippen MR) is 76.8 cm³/mol. The Morgan fingerprint density at radius 3 is 2.44 bits per heavy atom. The highest BCUT2D eigenvalue weighted by atomic mass is 32.2. The van der Waals surface area contributed by atoms with Gasteiger partial charge in [-0.2, -0.15) is 17.0 Å². The van der Waals surface area contributed by atoms with E-state index in [9.17, 15) is 8.42 Å². The van der Waals surface area contributed by atoms with E-state index in [0.717, 1.165) is 25.9 Å². The van der Waals surface area contributed by atoms with Crippen LogP contribution < -0.4 is 5.32 Å². The van der Waals surface area contributed by atoms with Crippen molar-refractivity contribution in [3.63, 3.8) is 0 Å².